The summed E-state index contributed by atoms with van der Waals surface area (Å²) in [5, 5.41) is 18.5. The van der Waals surface area contributed by atoms with Gasteiger partial charge in [-0.1, -0.05) is 23.7 Å². The van der Waals surface area contributed by atoms with Gasteiger partial charge in [0.05, 0.1) is 6.33 Å². The zero-order chi connectivity index (χ0) is 22.5. The highest BCUT2D eigenvalue weighted by Crippen LogP contribution is 2.25. The molecule has 2 amide bonds. The number of nitrogens with zero attached hydrogens (tertiary/aromatic N) is 4. The fourth-order valence-electron chi connectivity index (χ4n) is 3.11. The molecule has 0 aliphatic rings. The van der Waals surface area contributed by atoms with Crippen LogP contribution in [-0.4, -0.2) is 43.8 Å². The van der Waals surface area contributed by atoms with Crippen molar-refractivity contribution in [2.45, 2.75) is 6.42 Å². The number of hydrogen-bond acceptors (Lipinski definition) is 6. The quantitative estimate of drug-likeness (QED) is 0.314. The summed E-state index contributed by atoms with van der Waals surface area (Å²) in [7, 11) is 1.86. The molecule has 0 saturated carbocycles. The van der Waals surface area contributed by atoms with E-state index in [1.54, 1.807) is 42.7 Å². The first-order valence-corrected chi connectivity index (χ1v) is 10.4. The summed E-state index contributed by atoms with van der Waals surface area (Å²) in [4.78, 5) is 26.0. The first kappa shape index (κ1) is 21.5. The lowest BCUT2D eigenvalue weighted by atomic mass is 10.2. The van der Waals surface area contributed by atoms with Crippen LogP contribution in [-0.2, 0) is 7.05 Å². The van der Waals surface area contributed by atoms with E-state index in [0.717, 1.165) is 5.56 Å². The van der Waals surface area contributed by atoms with Crippen molar-refractivity contribution in [2.24, 2.45) is 7.05 Å². The molecule has 0 fully saturated rings. The number of rotatable bonds is 7. The highest BCUT2D eigenvalue weighted by molar-refractivity contribution is 6.30. The molecule has 0 radical (unpaired) electrons. The molecule has 4 N–H and O–H groups in total. The molecule has 0 aliphatic heterocycles. The molecule has 0 bridgehead atoms. The third-order valence-corrected chi connectivity index (χ3v) is 4.92. The summed E-state index contributed by atoms with van der Waals surface area (Å²) in [5.41, 5.74) is 3.30. The van der Waals surface area contributed by atoms with Crippen LogP contribution >= 0.6 is 11.6 Å². The Bertz CT molecular complexity index is 1240. The number of imidazole rings is 1. The van der Waals surface area contributed by atoms with Crippen molar-refractivity contribution in [3.8, 4) is 11.4 Å². The van der Waals surface area contributed by atoms with Crippen LogP contribution in [0.15, 0.2) is 54.9 Å². The monoisotopic (exact) mass is 451 g/mol. The molecule has 32 heavy (non-hydrogen) atoms. The number of amides is 2. The number of benzene rings is 2. The van der Waals surface area contributed by atoms with Crippen LogP contribution in [0, 0.1) is 0 Å². The van der Waals surface area contributed by atoms with Crippen molar-refractivity contribution in [2.75, 3.05) is 29.1 Å². The Morgan fingerprint density at radius 3 is 2.66 bits per heavy atom. The van der Waals surface area contributed by atoms with Crippen molar-refractivity contribution in [1.82, 2.24) is 19.5 Å². The van der Waals surface area contributed by atoms with Gasteiger partial charge in [0.25, 0.3) is 0 Å². The smallest absolute Gasteiger partial charge is 0.323 e. The van der Waals surface area contributed by atoms with E-state index in [0.29, 0.717) is 52.2 Å². The Morgan fingerprint density at radius 1 is 1.09 bits per heavy atom. The highest BCUT2D eigenvalue weighted by Gasteiger charge is 2.14. The van der Waals surface area contributed by atoms with E-state index in [2.05, 4.69) is 30.9 Å². The van der Waals surface area contributed by atoms with Crippen LogP contribution in [0.3, 0.4) is 0 Å². The molecule has 10 heteroatoms. The van der Waals surface area contributed by atoms with E-state index >= 15 is 0 Å². The molecule has 2 aromatic carbocycles. The number of carbonyl (C=O) groups excluding carboxylic acids is 1. The number of aryl methyl sites for hydroxylation is 1. The zero-order valence-corrected chi connectivity index (χ0v) is 18.1. The number of urea groups is 1. The maximum atomic E-state index is 12.4. The fraction of sp³-hybridized carbons (Fsp3) is 0.182. The number of anilines is 3. The molecule has 2 heterocycles. The molecule has 0 atom stereocenters. The zero-order valence-electron chi connectivity index (χ0n) is 17.3. The second-order valence-electron chi connectivity index (χ2n) is 7.09. The van der Waals surface area contributed by atoms with Gasteiger partial charge in [-0.05, 0) is 42.8 Å². The van der Waals surface area contributed by atoms with Gasteiger partial charge in [0, 0.05) is 42.2 Å². The van der Waals surface area contributed by atoms with Gasteiger partial charge in [0.15, 0.2) is 17.3 Å². The van der Waals surface area contributed by atoms with E-state index in [4.69, 9.17) is 16.7 Å². The van der Waals surface area contributed by atoms with E-state index in [-0.39, 0.29) is 12.6 Å². The number of aromatic nitrogens is 4. The first-order chi connectivity index (χ1) is 15.5. The van der Waals surface area contributed by atoms with Crippen LogP contribution < -0.4 is 16.0 Å². The fourth-order valence-corrected chi connectivity index (χ4v) is 3.23. The van der Waals surface area contributed by atoms with Crippen LogP contribution in [0.5, 0.6) is 0 Å². The Balaban J connectivity index is 1.57. The van der Waals surface area contributed by atoms with Crippen molar-refractivity contribution in [3.63, 3.8) is 0 Å². The Kier molecular flexibility index (Phi) is 6.48. The first-order valence-electron chi connectivity index (χ1n) is 10.0. The van der Waals surface area contributed by atoms with Gasteiger partial charge in [-0.3, -0.25) is 0 Å². The lowest BCUT2D eigenvalue weighted by Crippen LogP contribution is -2.19. The summed E-state index contributed by atoms with van der Waals surface area (Å²) >= 11 is 5.88. The molecule has 0 aliphatic carbocycles. The number of nitrogens with one attached hydrogen (secondary N) is 3. The molecule has 9 nitrogen and oxygen atoms in total. The predicted octanol–water partition coefficient (Wildman–Crippen LogP) is 4.12. The number of aliphatic hydroxyl groups is 1. The maximum Gasteiger partial charge on any atom is 0.323 e. The average Bonchev–Trinajstić information content (AvgIpc) is 3.16. The lowest BCUT2D eigenvalue weighted by Gasteiger charge is -2.11. The molecular formula is C22H22ClN7O2. The molecule has 4 aromatic rings. The molecule has 0 spiro atoms. The van der Waals surface area contributed by atoms with E-state index in [1.165, 1.54) is 0 Å². The Hall–Kier alpha value is -3.69. The third-order valence-electron chi connectivity index (χ3n) is 4.67. The Labute approximate surface area is 189 Å². The molecular weight excluding hydrogens is 430 g/mol. The summed E-state index contributed by atoms with van der Waals surface area (Å²) in [6.07, 6.45) is 2.27. The van der Waals surface area contributed by atoms with Gasteiger partial charge in [0.2, 0.25) is 0 Å². The van der Waals surface area contributed by atoms with Crippen LogP contribution in [0.4, 0.5) is 22.0 Å². The highest BCUT2D eigenvalue weighted by atomic mass is 35.5. The largest absolute Gasteiger partial charge is 0.396 e. The minimum Gasteiger partial charge on any atom is -0.396 e. The van der Waals surface area contributed by atoms with Crippen molar-refractivity contribution >= 4 is 46.0 Å². The number of aliphatic hydroxyl groups excluding tert-OH is 1. The van der Waals surface area contributed by atoms with Gasteiger partial charge in [-0.25, -0.2) is 19.7 Å². The van der Waals surface area contributed by atoms with E-state index < -0.39 is 0 Å². The minimum atomic E-state index is -0.376. The SMILES string of the molecule is Cn1cnc2c(NCCCO)nc(-c3cccc(NC(=O)Nc4ccc(Cl)cc4)c3)nc21. The van der Waals surface area contributed by atoms with Gasteiger partial charge < -0.3 is 25.6 Å². The second-order valence-corrected chi connectivity index (χ2v) is 7.53. The topological polar surface area (TPSA) is 117 Å². The second kappa shape index (κ2) is 9.63. The lowest BCUT2D eigenvalue weighted by molar-refractivity contribution is 0.262. The molecule has 164 valence electrons. The average molecular weight is 452 g/mol. The number of halogens is 1. The standard InChI is InChI=1S/C22H22ClN7O2/c1-30-13-25-18-20(24-10-3-11-31)28-19(29-21(18)30)14-4-2-5-17(12-14)27-22(32)26-16-8-6-15(23)7-9-16/h2,4-9,12-13,31H,3,10-11H2,1H3,(H,24,28,29)(H2,26,27,32). The van der Waals surface area contributed by atoms with Crippen LogP contribution in [0.1, 0.15) is 6.42 Å². The molecule has 4 rings (SSSR count). The normalized spacial score (nSPS) is 10.8. The Morgan fingerprint density at radius 2 is 1.88 bits per heavy atom. The summed E-state index contributed by atoms with van der Waals surface area (Å²) < 4.78 is 1.82. The minimum absolute atomic E-state index is 0.0854. The summed E-state index contributed by atoms with van der Waals surface area (Å²) in [5.74, 6) is 1.09. The van der Waals surface area contributed by atoms with Crippen LogP contribution in [0.25, 0.3) is 22.6 Å². The van der Waals surface area contributed by atoms with E-state index in [9.17, 15) is 4.79 Å². The predicted molar refractivity (Wildman–Crippen MR) is 126 cm³/mol. The van der Waals surface area contributed by atoms with Gasteiger partial charge in [-0.2, -0.15) is 0 Å². The third kappa shape index (κ3) is 4.96. The molecule has 2 aromatic heterocycles. The summed E-state index contributed by atoms with van der Waals surface area (Å²) in [6, 6.07) is 13.8. The summed E-state index contributed by atoms with van der Waals surface area (Å²) in [6.45, 7) is 0.646. The van der Waals surface area contributed by atoms with Crippen molar-refractivity contribution < 1.29 is 9.90 Å². The van der Waals surface area contributed by atoms with E-state index in [1.807, 2.05) is 23.7 Å². The van der Waals surface area contributed by atoms with Crippen LogP contribution in [0.2, 0.25) is 5.02 Å². The van der Waals surface area contributed by atoms with Gasteiger partial charge >= 0.3 is 6.03 Å². The van der Waals surface area contributed by atoms with Crippen molar-refractivity contribution in [3.05, 3.63) is 59.9 Å². The van der Waals surface area contributed by atoms with Gasteiger partial charge in [0.1, 0.15) is 5.52 Å². The van der Waals surface area contributed by atoms with Gasteiger partial charge in [-0.15, -0.1) is 0 Å². The van der Waals surface area contributed by atoms with Crippen molar-refractivity contribution in [1.29, 1.82) is 0 Å². The number of hydrogen-bond donors (Lipinski definition) is 4. The molecule has 0 saturated heterocycles. The molecule has 0 unspecified atom stereocenters. The number of carbonyl (C=O) groups is 1. The maximum absolute atomic E-state index is 12.4. The number of fused-ring (bicyclic) bond motifs is 1.